The van der Waals surface area contributed by atoms with E-state index in [9.17, 15) is 29.2 Å². The average molecular weight is 505 g/mol. The summed E-state index contributed by atoms with van der Waals surface area (Å²) >= 11 is 0.985. The number of nitrogens with zero attached hydrogens (tertiary/aromatic N) is 3. The lowest BCUT2D eigenvalue weighted by molar-refractivity contribution is -0.384. The van der Waals surface area contributed by atoms with Gasteiger partial charge in [0, 0.05) is 17.7 Å². The summed E-state index contributed by atoms with van der Waals surface area (Å²) in [5.41, 5.74) is 0.371. The molecule has 0 aliphatic carbocycles. The smallest absolute Gasteiger partial charge is 0.301 e. The molecular weight excluding hydrogens is 489 g/mol. The highest BCUT2D eigenvalue weighted by atomic mass is 32.1. The zero-order chi connectivity index (χ0) is 25.6. The number of benzene rings is 3. The number of ether oxygens (including phenoxy) is 1. The molecule has 1 aromatic heterocycles. The largest absolute Gasteiger partial charge is 0.507 e. The number of nitro benzene ring substituents is 1. The maximum absolute atomic E-state index is 13.8. The third-order valence-electron chi connectivity index (χ3n) is 5.75. The summed E-state index contributed by atoms with van der Waals surface area (Å²) in [6.45, 7) is 0. The molecule has 1 fully saturated rings. The molecule has 11 heteroatoms. The number of carbonyl (C=O) groups excluding carboxylic acids is 2. The maximum atomic E-state index is 13.8. The standard InChI is InChI=1S/C25H16FN3O6S/c1-35-17-8-5-13(6-9-17)22(30)20-21(14-3-2-4-16(11-14)29(33)34)28(24(32)23(20)31)25-27-18-10-7-15(26)12-19(18)36-25/h2-12,21,30H,1H3/t21-/m0/s1. The van der Waals surface area contributed by atoms with Crippen LogP contribution in [0.2, 0.25) is 0 Å². The molecule has 1 amide bonds. The van der Waals surface area contributed by atoms with Crippen LogP contribution >= 0.6 is 11.3 Å². The van der Waals surface area contributed by atoms with Crippen molar-refractivity contribution in [1.29, 1.82) is 0 Å². The first-order valence-electron chi connectivity index (χ1n) is 10.5. The monoisotopic (exact) mass is 505 g/mol. The third-order valence-corrected chi connectivity index (χ3v) is 6.77. The van der Waals surface area contributed by atoms with Crippen molar-refractivity contribution in [2.24, 2.45) is 0 Å². The van der Waals surface area contributed by atoms with E-state index < -0.39 is 34.2 Å². The van der Waals surface area contributed by atoms with Crippen LogP contribution in [0.15, 0.2) is 72.3 Å². The van der Waals surface area contributed by atoms with Gasteiger partial charge < -0.3 is 9.84 Å². The van der Waals surface area contributed by atoms with Gasteiger partial charge in [-0.2, -0.15) is 0 Å². The van der Waals surface area contributed by atoms with Crippen LogP contribution in [0.4, 0.5) is 15.2 Å². The van der Waals surface area contributed by atoms with Crippen molar-refractivity contribution in [1.82, 2.24) is 4.98 Å². The summed E-state index contributed by atoms with van der Waals surface area (Å²) in [6, 6.07) is 14.4. The summed E-state index contributed by atoms with van der Waals surface area (Å²) in [7, 11) is 1.48. The van der Waals surface area contributed by atoms with Crippen molar-refractivity contribution < 1.29 is 28.7 Å². The van der Waals surface area contributed by atoms with Crippen molar-refractivity contribution in [3.8, 4) is 5.75 Å². The molecule has 0 spiro atoms. The van der Waals surface area contributed by atoms with E-state index in [0.717, 1.165) is 16.2 Å². The van der Waals surface area contributed by atoms with Gasteiger partial charge in [0.1, 0.15) is 17.3 Å². The van der Waals surface area contributed by atoms with Crippen molar-refractivity contribution in [3.63, 3.8) is 0 Å². The molecule has 0 saturated carbocycles. The van der Waals surface area contributed by atoms with E-state index in [4.69, 9.17) is 4.74 Å². The first kappa shape index (κ1) is 23.1. The fraction of sp³-hybridized carbons (Fsp3) is 0.0800. The number of anilines is 1. The molecule has 1 saturated heterocycles. The van der Waals surface area contributed by atoms with Gasteiger partial charge in [-0.25, -0.2) is 9.37 Å². The number of thiazole rings is 1. The molecule has 0 unspecified atom stereocenters. The predicted octanol–water partition coefficient (Wildman–Crippen LogP) is 4.98. The predicted molar refractivity (Wildman–Crippen MR) is 130 cm³/mol. The van der Waals surface area contributed by atoms with Gasteiger partial charge >= 0.3 is 5.91 Å². The molecule has 180 valence electrons. The van der Waals surface area contributed by atoms with E-state index in [1.54, 1.807) is 12.1 Å². The molecule has 5 rings (SSSR count). The Morgan fingerprint density at radius 1 is 1.14 bits per heavy atom. The summed E-state index contributed by atoms with van der Waals surface area (Å²) in [6.07, 6.45) is 0. The molecule has 1 aliphatic rings. The highest BCUT2D eigenvalue weighted by Crippen LogP contribution is 2.45. The van der Waals surface area contributed by atoms with Crippen LogP contribution in [0.5, 0.6) is 5.75 Å². The van der Waals surface area contributed by atoms with Gasteiger partial charge in [-0.05, 0) is 48.0 Å². The number of carbonyl (C=O) groups is 2. The number of methoxy groups -OCH3 is 1. The second kappa shape index (κ2) is 8.86. The minimum Gasteiger partial charge on any atom is -0.507 e. The Morgan fingerprint density at radius 2 is 1.89 bits per heavy atom. The van der Waals surface area contributed by atoms with Crippen LogP contribution in [-0.4, -0.2) is 33.8 Å². The number of fused-ring (bicyclic) bond motifs is 1. The molecule has 3 aromatic carbocycles. The zero-order valence-electron chi connectivity index (χ0n) is 18.5. The highest BCUT2D eigenvalue weighted by molar-refractivity contribution is 7.22. The van der Waals surface area contributed by atoms with Gasteiger partial charge in [0.2, 0.25) is 0 Å². The quantitative estimate of drug-likeness (QED) is 0.133. The molecule has 2 heterocycles. The number of rotatable bonds is 5. The Kier molecular flexibility index (Phi) is 5.69. The molecule has 0 bridgehead atoms. The second-order valence-corrected chi connectivity index (χ2v) is 8.87. The number of aliphatic hydroxyl groups excluding tert-OH is 1. The van der Waals surface area contributed by atoms with Crippen LogP contribution in [0.3, 0.4) is 0 Å². The number of hydrogen-bond donors (Lipinski definition) is 1. The van der Waals surface area contributed by atoms with Crippen LogP contribution in [0.25, 0.3) is 16.0 Å². The van der Waals surface area contributed by atoms with Gasteiger partial charge in [0.05, 0.1) is 33.9 Å². The van der Waals surface area contributed by atoms with E-state index in [2.05, 4.69) is 4.98 Å². The fourth-order valence-corrected chi connectivity index (χ4v) is 5.06. The fourth-order valence-electron chi connectivity index (χ4n) is 4.05. The van der Waals surface area contributed by atoms with E-state index in [1.165, 1.54) is 61.7 Å². The zero-order valence-corrected chi connectivity index (χ0v) is 19.4. The molecule has 1 N–H and O–H groups in total. The lowest BCUT2D eigenvalue weighted by atomic mass is 9.95. The molecule has 9 nitrogen and oxygen atoms in total. The van der Waals surface area contributed by atoms with E-state index in [0.29, 0.717) is 16.0 Å². The van der Waals surface area contributed by atoms with Crippen molar-refractivity contribution in [3.05, 3.63) is 99.4 Å². The number of non-ortho nitro benzene ring substituents is 1. The first-order chi connectivity index (χ1) is 17.3. The first-order valence-corrected chi connectivity index (χ1v) is 11.4. The van der Waals surface area contributed by atoms with Gasteiger partial charge in [0.15, 0.2) is 5.13 Å². The van der Waals surface area contributed by atoms with Crippen molar-refractivity contribution in [2.75, 3.05) is 12.0 Å². The Morgan fingerprint density at radius 3 is 2.58 bits per heavy atom. The Bertz CT molecular complexity index is 1580. The molecule has 1 atom stereocenters. The van der Waals surface area contributed by atoms with Crippen molar-refractivity contribution >= 4 is 49.8 Å². The second-order valence-electron chi connectivity index (χ2n) is 7.86. The number of Topliss-reactive ketones (excluding diaryl/α,β-unsaturated/α-hetero) is 1. The number of aliphatic hydroxyl groups is 1. The highest BCUT2D eigenvalue weighted by Gasteiger charge is 2.48. The maximum Gasteiger partial charge on any atom is 0.301 e. The number of amides is 1. The molecule has 0 radical (unpaired) electrons. The van der Waals surface area contributed by atoms with Crippen LogP contribution in [0, 0.1) is 15.9 Å². The SMILES string of the molecule is COc1ccc(C(O)=C2C(=O)C(=O)N(c3nc4ccc(F)cc4s3)[C@H]2c2cccc([N+](=O)[O-])c2)cc1. The Labute approximate surface area is 206 Å². The summed E-state index contributed by atoms with van der Waals surface area (Å²) < 4.78 is 19.3. The van der Waals surface area contributed by atoms with Gasteiger partial charge in [0.25, 0.3) is 11.5 Å². The summed E-state index contributed by atoms with van der Waals surface area (Å²) in [5, 5.41) is 22.7. The topological polar surface area (TPSA) is 123 Å². The lowest BCUT2D eigenvalue weighted by Crippen LogP contribution is -2.29. The summed E-state index contributed by atoms with van der Waals surface area (Å²) in [4.78, 5) is 42.8. The minimum atomic E-state index is -1.21. The van der Waals surface area contributed by atoms with Gasteiger partial charge in [-0.3, -0.25) is 24.6 Å². The van der Waals surface area contributed by atoms with Crippen LogP contribution < -0.4 is 9.64 Å². The Hall–Kier alpha value is -4.64. The number of ketones is 1. The Balaban J connectivity index is 1.73. The number of aromatic nitrogens is 1. The van der Waals surface area contributed by atoms with Gasteiger partial charge in [-0.15, -0.1) is 0 Å². The minimum absolute atomic E-state index is 0.0861. The average Bonchev–Trinajstić information content (AvgIpc) is 3.41. The van der Waals surface area contributed by atoms with Crippen LogP contribution in [-0.2, 0) is 9.59 Å². The van der Waals surface area contributed by atoms with E-state index >= 15 is 0 Å². The molecule has 36 heavy (non-hydrogen) atoms. The number of hydrogen-bond acceptors (Lipinski definition) is 8. The normalized spacial score (nSPS) is 17.1. The molecule has 4 aromatic rings. The van der Waals surface area contributed by atoms with Crippen molar-refractivity contribution in [2.45, 2.75) is 6.04 Å². The van der Waals surface area contributed by atoms with Gasteiger partial charge in [-0.1, -0.05) is 23.5 Å². The number of halogens is 1. The third kappa shape index (κ3) is 3.85. The molecular formula is C25H16FN3O6S. The summed E-state index contributed by atoms with van der Waals surface area (Å²) in [5.74, 6) is -2.38. The van der Waals surface area contributed by atoms with E-state index in [-0.39, 0.29) is 27.5 Å². The van der Waals surface area contributed by atoms with E-state index in [1.807, 2.05) is 0 Å². The lowest BCUT2D eigenvalue weighted by Gasteiger charge is -2.22. The van der Waals surface area contributed by atoms with Crippen LogP contribution in [0.1, 0.15) is 17.2 Å². The molecule has 1 aliphatic heterocycles. The number of nitro groups is 1.